The summed E-state index contributed by atoms with van der Waals surface area (Å²) in [7, 11) is 0. The molecule has 0 bridgehead atoms. The molecule has 0 aromatic carbocycles. The Labute approximate surface area is 97.3 Å². The van der Waals surface area contributed by atoms with Crippen molar-refractivity contribution in [3.8, 4) is 0 Å². The molecule has 0 aromatic heterocycles. The molecule has 1 atom stereocenters. The maximum absolute atomic E-state index is 11.8. The Hall–Kier alpha value is -1.06. The van der Waals surface area contributed by atoms with Gasteiger partial charge in [0.25, 0.3) is 0 Å². The second kappa shape index (κ2) is 5.87. The highest BCUT2D eigenvalue weighted by Gasteiger charge is 2.34. The van der Waals surface area contributed by atoms with E-state index in [0.29, 0.717) is 0 Å². The Bertz CT molecular complexity index is 256. The van der Waals surface area contributed by atoms with Gasteiger partial charge in [0.15, 0.2) is 0 Å². The van der Waals surface area contributed by atoms with Gasteiger partial charge in [-0.15, -0.1) is 0 Å². The lowest BCUT2D eigenvalue weighted by atomic mass is 10.0. The zero-order valence-corrected chi connectivity index (χ0v) is 11.0. The molecule has 4 heteroatoms. The van der Waals surface area contributed by atoms with Crippen LogP contribution in [0.2, 0.25) is 0 Å². The van der Waals surface area contributed by atoms with Crippen molar-refractivity contribution in [1.29, 1.82) is 0 Å². The summed E-state index contributed by atoms with van der Waals surface area (Å²) in [5.74, 6) is -0.732. The molecule has 16 heavy (non-hydrogen) atoms. The molecule has 0 saturated heterocycles. The lowest BCUT2D eigenvalue weighted by molar-refractivity contribution is -0.182. The van der Waals surface area contributed by atoms with Crippen molar-refractivity contribution < 1.29 is 19.1 Å². The zero-order valence-electron chi connectivity index (χ0n) is 11.0. The summed E-state index contributed by atoms with van der Waals surface area (Å²) < 4.78 is 10.2. The van der Waals surface area contributed by atoms with Crippen LogP contribution in [0.25, 0.3) is 0 Å². The number of carbonyl (C=O) groups excluding carboxylic acids is 2. The lowest BCUT2D eigenvalue weighted by Crippen LogP contribution is -2.41. The van der Waals surface area contributed by atoms with Crippen LogP contribution >= 0.6 is 0 Å². The molecule has 94 valence electrons. The van der Waals surface area contributed by atoms with E-state index in [9.17, 15) is 9.59 Å². The van der Waals surface area contributed by atoms with Gasteiger partial charge in [-0.25, -0.2) is 4.79 Å². The summed E-state index contributed by atoms with van der Waals surface area (Å²) in [6.07, 6.45) is 0.613. The molecule has 0 N–H and O–H groups in total. The number of esters is 2. The van der Waals surface area contributed by atoms with E-state index < -0.39 is 17.5 Å². The van der Waals surface area contributed by atoms with Crippen LogP contribution in [-0.4, -0.2) is 23.6 Å². The van der Waals surface area contributed by atoms with E-state index in [-0.39, 0.29) is 12.0 Å². The number of rotatable bonds is 5. The third-order valence-corrected chi connectivity index (χ3v) is 2.29. The first-order valence-electron chi connectivity index (χ1n) is 5.61. The van der Waals surface area contributed by atoms with E-state index in [4.69, 9.17) is 9.47 Å². The van der Waals surface area contributed by atoms with E-state index in [2.05, 4.69) is 0 Å². The minimum atomic E-state index is -1.21. The minimum Gasteiger partial charge on any atom is -0.459 e. The molecule has 0 radical (unpaired) electrons. The van der Waals surface area contributed by atoms with E-state index >= 15 is 0 Å². The van der Waals surface area contributed by atoms with Gasteiger partial charge in [-0.2, -0.15) is 0 Å². The summed E-state index contributed by atoms with van der Waals surface area (Å²) in [4.78, 5) is 22.6. The quantitative estimate of drug-likeness (QED) is 0.680. The SMILES string of the molecule is CCC(OC(=O)C(C)(C)OC(C)=O)C(C)C. The van der Waals surface area contributed by atoms with Crippen molar-refractivity contribution in [1.82, 2.24) is 0 Å². The highest BCUT2D eigenvalue weighted by atomic mass is 16.6. The topological polar surface area (TPSA) is 52.6 Å². The molecular formula is C12H22O4. The maximum Gasteiger partial charge on any atom is 0.350 e. The maximum atomic E-state index is 11.8. The standard InChI is InChI=1S/C12H22O4/c1-7-10(8(2)3)15-11(14)12(5,6)16-9(4)13/h8,10H,7H2,1-6H3. The summed E-state index contributed by atoms with van der Waals surface area (Å²) >= 11 is 0. The fourth-order valence-electron chi connectivity index (χ4n) is 1.37. The van der Waals surface area contributed by atoms with Crippen molar-refractivity contribution in [2.75, 3.05) is 0 Å². The molecule has 0 aliphatic carbocycles. The Morgan fingerprint density at radius 3 is 2.06 bits per heavy atom. The van der Waals surface area contributed by atoms with Crippen LogP contribution in [0.4, 0.5) is 0 Å². The van der Waals surface area contributed by atoms with Crippen molar-refractivity contribution in [2.24, 2.45) is 5.92 Å². The predicted molar refractivity (Wildman–Crippen MR) is 60.9 cm³/mol. The normalized spacial score (nSPS) is 13.4. The largest absolute Gasteiger partial charge is 0.459 e. The Balaban J connectivity index is 4.49. The molecule has 0 aliphatic heterocycles. The first-order chi connectivity index (χ1) is 7.20. The Morgan fingerprint density at radius 2 is 1.75 bits per heavy atom. The third kappa shape index (κ3) is 4.64. The molecule has 0 saturated carbocycles. The number of carbonyl (C=O) groups is 2. The molecule has 1 unspecified atom stereocenters. The average molecular weight is 230 g/mol. The van der Waals surface area contributed by atoms with Gasteiger partial charge < -0.3 is 9.47 Å². The molecule has 4 nitrogen and oxygen atoms in total. The molecule has 0 fully saturated rings. The number of hydrogen-bond acceptors (Lipinski definition) is 4. The average Bonchev–Trinajstić information content (AvgIpc) is 2.10. The van der Waals surface area contributed by atoms with Crippen LogP contribution in [0.1, 0.15) is 48.0 Å². The number of ether oxygens (including phenoxy) is 2. The summed E-state index contributed by atoms with van der Waals surface area (Å²) in [5, 5.41) is 0. The van der Waals surface area contributed by atoms with Gasteiger partial charge in [0.2, 0.25) is 5.60 Å². The summed E-state index contributed by atoms with van der Waals surface area (Å²) in [5.41, 5.74) is -1.21. The van der Waals surface area contributed by atoms with Crippen molar-refractivity contribution in [3.63, 3.8) is 0 Å². The van der Waals surface area contributed by atoms with E-state index in [1.54, 1.807) is 0 Å². The van der Waals surface area contributed by atoms with Crippen molar-refractivity contribution in [2.45, 2.75) is 59.7 Å². The first kappa shape index (κ1) is 14.9. The van der Waals surface area contributed by atoms with Gasteiger partial charge in [0, 0.05) is 6.92 Å². The van der Waals surface area contributed by atoms with Crippen LogP contribution in [0, 0.1) is 5.92 Å². The predicted octanol–water partition coefficient (Wildman–Crippen LogP) is 2.31. The fourth-order valence-corrected chi connectivity index (χ4v) is 1.37. The van der Waals surface area contributed by atoms with Gasteiger partial charge in [-0.3, -0.25) is 4.79 Å². The van der Waals surface area contributed by atoms with Gasteiger partial charge >= 0.3 is 11.9 Å². The van der Waals surface area contributed by atoms with E-state index in [1.165, 1.54) is 20.8 Å². The highest BCUT2D eigenvalue weighted by molar-refractivity contribution is 5.82. The molecule has 0 amide bonds. The lowest BCUT2D eigenvalue weighted by Gasteiger charge is -2.27. The monoisotopic (exact) mass is 230 g/mol. The molecule has 0 aromatic rings. The van der Waals surface area contributed by atoms with Crippen molar-refractivity contribution in [3.05, 3.63) is 0 Å². The van der Waals surface area contributed by atoms with E-state index in [0.717, 1.165) is 6.42 Å². The smallest absolute Gasteiger partial charge is 0.350 e. The molecule has 0 heterocycles. The van der Waals surface area contributed by atoms with Gasteiger partial charge in [0.05, 0.1) is 0 Å². The highest BCUT2D eigenvalue weighted by Crippen LogP contribution is 2.17. The Kier molecular flexibility index (Phi) is 5.48. The fraction of sp³-hybridized carbons (Fsp3) is 0.833. The van der Waals surface area contributed by atoms with E-state index in [1.807, 2.05) is 20.8 Å². The van der Waals surface area contributed by atoms with Crippen LogP contribution in [0.3, 0.4) is 0 Å². The van der Waals surface area contributed by atoms with Gasteiger partial charge in [-0.1, -0.05) is 20.8 Å². The summed E-state index contributed by atoms with van der Waals surface area (Å²) in [6, 6.07) is 0. The number of hydrogen-bond donors (Lipinski definition) is 0. The minimum absolute atomic E-state index is 0.137. The molecule has 0 rings (SSSR count). The molecule has 0 aliphatic rings. The van der Waals surface area contributed by atoms with Crippen molar-refractivity contribution >= 4 is 11.9 Å². The Morgan fingerprint density at radius 1 is 1.25 bits per heavy atom. The van der Waals surface area contributed by atoms with Gasteiger partial charge in [-0.05, 0) is 26.2 Å². The molecular weight excluding hydrogens is 208 g/mol. The van der Waals surface area contributed by atoms with Crippen LogP contribution in [0.5, 0.6) is 0 Å². The van der Waals surface area contributed by atoms with Gasteiger partial charge in [0.1, 0.15) is 6.10 Å². The second-order valence-corrected chi connectivity index (χ2v) is 4.70. The van der Waals surface area contributed by atoms with Crippen LogP contribution < -0.4 is 0 Å². The van der Waals surface area contributed by atoms with Crippen LogP contribution in [0.15, 0.2) is 0 Å². The zero-order chi connectivity index (χ0) is 12.9. The summed E-state index contributed by atoms with van der Waals surface area (Å²) in [6.45, 7) is 10.3. The van der Waals surface area contributed by atoms with Crippen LogP contribution in [-0.2, 0) is 19.1 Å². The molecule has 0 spiro atoms. The third-order valence-electron chi connectivity index (χ3n) is 2.29. The first-order valence-corrected chi connectivity index (χ1v) is 5.61. The second-order valence-electron chi connectivity index (χ2n) is 4.70.